The normalized spacial score (nSPS) is 14.5. The topological polar surface area (TPSA) is 127 Å². The minimum atomic E-state index is -4.00. The molecule has 0 aromatic heterocycles. The van der Waals surface area contributed by atoms with Crippen LogP contribution in [0.25, 0.3) is 0 Å². The van der Waals surface area contributed by atoms with E-state index in [2.05, 4.69) is 4.72 Å². The van der Waals surface area contributed by atoms with Gasteiger partial charge in [-0.15, -0.1) is 0 Å². The van der Waals surface area contributed by atoms with Gasteiger partial charge in [-0.05, 0) is 42.5 Å². The number of sulfonamides is 2. The summed E-state index contributed by atoms with van der Waals surface area (Å²) in [5.74, 6) is -1.48. The van der Waals surface area contributed by atoms with Crippen molar-refractivity contribution >= 4 is 37.6 Å². The van der Waals surface area contributed by atoms with Crippen molar-refractivity contribution in [2.24, 2.45) is 0 Å². The molecule has 1 aliphatic heterocycles. The number of carbonyl (C=O) groups is 2. The number of ether oxygens (including phenoxy) is 1. The zero-order valence-corrected chi connectivity index (χ0v) is 18.7. The number of amides is 1. The second kappa shape index (κ2) is 8.68. The van der Waals surface area contributed by atoms with E-state index in [4.69, 9.17) is 4.74 Å². The fourth-order valence-electron chi connectivity index (χ4n) is 3.28. The molecular formula is C22H18N2O7S2. The molecule has 4 rings (SSSR count). The van der Waals surface area contributed by atoms with Crippen molar-refractivity contribution in [2.75, 3.05) is 17.9 Å². The van der Waals surface area contributed by atoms with Gasteiger partial charge in [0.05, 0.1) is 22.6 Å². The molecule has 3 aromatic carbocycles. The Hall–Kier alpha value is -3.70. The lowest BCUT2D eigenvalue weighted by atomic mass is 10.2. The van der Waals surface area contributed by atoms with Crippen molar-refractivity contribution in [1.29, 1.82) is 0 Å². The van der Waals surface area contributed by atoms with E-state index < -0.39 is 31.9 Å². The molecule has 1 amide bonds. The van der Waals surface area contributed by atoms with E-state index in [1.165, 1.54) is 54.6 Å². The van der Waals surface area contributed by atoms with Gasteiger partial charge < -0.3 is 4.74 Å². The third kappa shape index (κ3) is 4.45. The van der Waals surface area contributed by atoms with Gasteiger partial charge in [0.25, 0.3) is 26.0 Å². The summed E-state index contributed by atoms with van der Waals surface area (Å²) in [5, 5.41) is 0. The molecule has 0 aliphatic carbocycles. The molecule has 0 saturated heterocycles. The summed E-state index contributed by atoms with van der Waals surface area (Å²) in [6.45, 7) is -0.709. The standard InChI is InChI=1S/C22H18N2O7S2/c25-21-19-11-4-5-12-20(19)33(29,30)24(21)13-14-31-22(26)16-7-6-8-17(15-16)23-32(27,28)18-9-2-1-3-10-18/h1-12,15,23H,13-14H2. The lowest BCUT2D eigenvalue weighted by Crippen LogP contribution is -2.33. The van der Waals surface area contributed by atoms with E-state index in [1.54, 1.807) is 24.3 Å². The van der Waals surface area contributed by atoms with Crippen molar-refractivity contribution in [2.45, 2.75) is 9.79 Å². The van der Waals surface area contributed by atoms with Crippen LogP contribution in [-0.4, -0.2) is 46.2 Å². The number of rotatable bonds is 7. The van der Waals surface area contributed by atoms with Crippen molar-refractivity contribution in [3.05, 3.63) is 90.0 Å². The highest BCUT2D eigenvalue weighted by Crippen LogP contribution is 2.29. The second-order valence-corrected chi connectivity index (χ2v) is 10.5. The van der Waals surface area contributed by atoms with Gasteiger partial charge in [0.15, 0.2) is 0 Å². The molecular weight excluding hydrogens is 468 g/mol. The Bertz CT molecular complexity index is 1440. The Morgan fingerprint density at radius 1 is 0.939 bits per heavy atom. The van der Waals surface area contributed by atoms with Crippen LogP contribution in [0.2, 0.25) is 0 Å². The van der Waals surface area contributed by atoms with E-state index in [-0.39, 0.29) is 39.8 Å². The first-order valence-electron chi connectivity index (χ1n) is 9.71. The van der Waals surface area contributed by atoms with E-state index >= 15 is 0 Å². The maximum atomic E-state index is 12.5. The van der Waals surface area contributed by atoms with Gasteiger partial charge >= 0.3 is 5.97 Å². The Morgan fingerprint density at radius 2 is 1.64 bits per heavy atom. The zero-order valence-electron chi connectivity index (χ0n) is 17.0. The van der Waals surface area contributed by atoms with E-state index in [0.717, 1.165) is 0 Å². The smallest absolute Gasteiger partial charge is 0.338 e. The largest absolute Gasteiger partial charge is 0.460 e. The van der Waals surface area contributed by atoms with Crippen LogP contribution in [-0.2, 0) is 24.8 Å². The third-order valence-electron chi connectivity index (χ3n) is 4.84. The molecule has 3 aromatic rings. The van der Waals surface area contributed by atoms with Crippen molar-refractivity contribution < 1.29 is 31.2 Å². The van der Waals surface area contributed by atoms with Crippen LogP contribution in [0, 0.1) is 0 Å². The van der Waals surface area contributed by atoms with Gasteiger partial charge in [0.2, 0.25) is 0 Å². The first kappa shape index (κ1) is 22.5. The quantitative estimate of drug-likeness (QED) is 0.508. The molecule has 11 heteroatoms. The van der Waals surface area contributed by atoms with Crippen LogP contribution in [0.3, 0.4) is 0 Å². The summed E-state index contributed by atoms with van der Waals surface area (Å²) in [7, 11) is -7.84. The van der Waals surface area contributed by atoms with Gasteiger partial charge in [-0.3, -0.25) is 9.52 Å². The summed E-state index contributed by atoms with van der Waals surface area (Å²) >= 11 is 0. The molecule has 1 aliphatic rings. The maximum Gasteiger partial charge on any atom is 0.338 e. The molecule has 0 atom stereocenters. The summed E-state index contributed by atoms with van der Waals surface area (Å²) in [6.07, 6.45) is 0. The first-order valence-corrected chi connectivity index (χ1v) is 12.6. The molecule has 0 unspecified atom stereocenters. The number of anilines is 1. The number of esters is 1. The number of nitrogens with one attached hydrogen (secondary N) is 1. The number of hydrogen-bond acceptors (Lipinski definition) is 7. The summed E-state index contributed by atoms with van der Waals surface area (Å²) in [6, 6.07) is 19.3. The summed E-state index contributed by atoms with van der Waals surface area (Å²) in [5.41, 5.74) is 0.283. The maximum absolute atomic E-state index is 12.5. The average Bonchev–Trinajstić information content (AvgIpc) is 3.00. The molecule has 0 spiro atoms. The van der Waals surface area contributed by atoms with Crippen molar-refractivity contribution in [3.63, 3.8) is 0 Å². The highest BCUT2D eigenvalue weighted by atomic mass is 32.2. The minimum absolute atomic E-state index is 0.0575. The third-order valence-corrected chi connectivity index (χ3v) is 8.08. The number of hydrogen-bond donors (Lipinski definition) is 1. The highest BCUT2D eigenvalue weighted by Gasteiger charge is 2.40. The van der Waals surface area contributed by atoms with Gasteiger partial charge in [-0.1, -0.05) is 36.4 Å². The molecule has 33 heavy (non-hydrogen) atoms. The van der Waals surface area contributed by atoms with E-state index in [1.807, 2.05) is 0 Å². The molecule has 0 saturated carbocycles. The van der Waals surface area contributed by atoms with Gasteiger partial charge in [-0.25, -0.2) is 25.9 Å². The fourth-order valence-corrected chi connectivity index (χ4v) is 5.90. The van der Waals surface area contributed by atoms with Crippen LogP contribution in [0.1, 0.15) is 20.7 Å². The SMILES string of the molecule is O=C(OCCN1C(=O)c2ccccc2S1(=O)=O)c1cccc(NS(=O)(=O)c2ccccc2)c1. The monoisotopic (exact) mass is 486 g/mol. The molecule has 170 valence electrons. The molecule has 1 N–H and O–H groups in total. The van der Waals surface area contributed by atoms with Gasteiger partial charge in [0, 0.05) is 5.69 Å². The number of benzene rings is 3. The number of fused-ring (bicyclic) bond motifs is 1. The molecule has 0 bridgehead atoms. The van der Waals surface area contributed by atoms with Crippen molar-refractivity contribution in [1.82, 2.24) is 4.31 Å². The number of carbonyl (C=O) groups excluding carboxylic acids is 2. The second-order valence-electron chi connectivity index (χ2n) is 7.01. The van der Waals surface area contributed by atoms with Gasteiger partial charge in [-0.2, -0.15) is 0 Å². The van der Waals surface area contributed by atoms with Crippen LogP contribution in [0.5, 0.6) is 0 Å². The Kier molecular flexibility index (Phi) is 5.91. The Labute approximate surface area is 190 Å². The first-order chi connectivity index (χ1) is 15.7. The minimum Gasteiger partial charge on any atom is -0.460 e. The average molecular weight is 487 g/mol. The summed E-state index contributed by atoms with van der Waals surface area (Å²) < 4.78 is 58.2. The number of nitrogens with zero attached hydrogens (tertiary/aromatic N) is 1. The van der Waals surface area contributed by atoms with E-state index in [9.17, 15) is 26.4 Å². The Morgan fingerprint density at radius 3 is 2.36 bits per heavy atom. The molecule has 9 nitrogen and oxygen atoms in total. The van der Waals surface area contributed by atoms with Crippen molar-refractivity contribution in [3.8, 4) is 0 Å². The van der Waals surface area contributed by atoms with Crippen LogP contribution in [0.4, 0.5) is 5.69 Å². The molecule has 0 fully saturated rings. The van der Waals surface area contributed by atoms with Gasteiger partial charge in [0.1, 0.15) is 11.5 Å². The predicted octanol–water partition coefficient (Wildman–Crippen LogP) is 2.49. The Balaban J connectivity index is 1.41. The lowest BCUT2D eigenvalue weighted by Gasteiger charge is -2.15. The highest BCUT2D eigenvalue weighted by molar-refractivity contribution is 7.92. The fraction of sp³-hybridized carbons (Fsp3) is 0.0909. The van der Waals surface area contributed by atoms with Crippen LogP contribution < -0.4 is 4.72 Å². The van der Waals surface area contributed by atoms with Crippen LogP contribution >= 0.6 is 0 Å². The lowest BCUT2D eigenvalue weighted by molar-refractivity contribution is 0.0478. The molecule has 0 radical (unpaired) electrons. The van der Waals surface area contributed by atoms with Crippen LogP contribution in [0.15, 0.2) is 88.7 Å². The van der Waals surface area contributed by atoms with E-state index in [0.29, 0.717) is 4.31 Å². The predicted molar refractivity (Wildman–Crippen MR) is 119 cm³/mol. The zero-order chi connectivity index (χ0) is 23.6. The molecule has 1 heterocycles. The summed E-state index contributed by atoms with van der Waals surface area (Å²) in [4.78, 5) is 24.8.